The molecule has 0 aromatic heterocycles. The minimum atomic E-state index is -0.260. The Labute approximate surface area is 286 Å². The maximum absolute atomic E-state index is 12.0. The first kappa shape index (κ1) is 42.3. The van der Waals surface area contributed by atoms with E-state index in [0.717, 1.165) is 44.9 Å². The number of ether oxygens (including phenoxy) is 2. The lowest BCUT2D eigenvalue weighted by molar-refractivity contribution is -0.144. The van der Waals surface area contributed by atoms with Gasteiger partial charge >= 0.3 is 11.9 Å². The second-order valence-corrected chi connectivity index (χ2v) is 12.9. The first-order chi connectivity index (χ1) is 22.9. The van der Waals surface area contributed by atoms with E-state index in [2.05, 4.69) is 24.2 Å². The highest BCUT2D eigenvalue weighted by atomic mass is 16.5. The standard InChI is InChI=1S/C39H68N2O6/c1-5-8-11-12-13-14-15-16-17-18-19-20-21-22-25-33-37(41-29-24-27-35(43)47-31-10-7-3)38(44)32(4)36(39(33)45)40-28-23-26-34(42)46-30-9-6-2/h29,40,44-45H,5-28,30-31H2,1-4H3. The summed E-state index contributed by atoms with van der Waals surface area (Å²) in [4.78, 5) is 28.5. The molecule has 0 fully saturated rings. The molecule has 47 heavy (non-hydrogen) atoms. The molecule has 270 valence electrons. The van der Waals surface area contributed by atoms with E-state index in [1.165, 1.54) is 70.6 Å². The molecule has 1 aromatic carbocycles. The van der Waals surface area contributed by atoms with Gasteiger partial charge in [0.25, 0.3) is 0 Å². The van der Waals surface area contributed by atoms with Gasteiger partial charge in [0.1, 0.15) is 17.2 Å². The van der Waals surface area contributed by atoms with Gasteiger partial charge in [-0.3, -0.25) is 14.6 Å². The molecule has 0 atom stereocenters. The van der Waals surface area contributed by atoms with Crippen molar-refractivity contribution >= 4 is 29.5 Å². The Morgan fingerprint density at radius 2 is 1.15 bits per heavy atom. The number of aromatic hydroxyl groups is 2. The second kappa shape index (κ2) is 28.3. The Bertz CT molecular complexity index is 1010. The predicted octanol–water partition coefficient (Wildman–Crippen LogP) is 10.8. The summed E-state index contributed by atoms with van der Waals surface area (Å²) in [5.41, 5.74) is 1.94. The van der Waals surface area contributed by atoms with Crippen molar-refractivity contribution in [2.24, 2.45) is 4.99 Å². The van der Waals surface area contributed by atoms with Crippen LogP contribution in [0, 0.1) is 6.92 Å². The smallest absolute Gasteiger partial charge is 0.306 e. The number of carbonyl (C=O) groups is 2. The van der Waals surface area contributed by atoms with Crippen LogP contribution in [0.15, 0.2) is 4.99 Å². The molecule has 0 aliphatic heterocycles. The first-order valence-electron chi connectivity index (χ1n) is 19.0. The van der Waals surface area contributed by atoms with Crippen LogP contribution in [0.3, 0.4) is 0 Å². The molecule has 8 nitrogen and oxygen atoms in total. The number of aliphatic imine (C=N–C) groups is 1. The molecule has 0 aliphatic rings. The van der Waals surface area contributed by atoms with Crippen LogP contribution in [0.4, 0.5) is 11.4 Å². The summed E-state index contributed by atoms with van der Waals surface area (Å²) in [6, 6.07) is 0. The largest absolute Gasteiger partial charge is 0.505 e. The third-order valence-corrected chi connectivity index (χ3v) is 8.62. The molecular formula is C39H68N2O6. The summed E-state index contributed by atoms with van der Waals surface area (Å²) >= 11 is 0. The van der Waals surface area contributed by atoms with E-state index in [-0.39, 0.29) is 36.3 Å². The van der Waals surface area contributed by atoms with E-state index >= 15 is 0 Å². The van der Waals surface area contributed by atoms with E-state index in [9.17, 15) is 19.8 Å². The number of hydrogen-bond acceptors (Lipinski definition) is 8. The molecular weight excluding hydrogens is 592 g/mol. The van der Waals surface area contributed by atoms with Crippen molar-refractivity contribution in [2.45, 2.75) is 175 Å². The van der Waals surface area contributed by atoms with Gasteiger partial charge in [-0.1, -0.05) is 117 Å². The normalized spacial score (nSPS) is 11.3. The average molecular weight is 661 g/mol. The molecule has 0 saturated carbocycles. The molecule has 8 heteroatoms. The zero-order valence-electron chi connectivity index (χ0n) is 30.4. The molecule has 0 amide bonds. The molecule has 0 spiro atoms. The molecule has 0 saturated heterocycles. The van der Waals surface area contributed by atoms with Gasteiger partial charge in [-0.25, -0.2) is 0 Å². The zero-order chi connectivity index (χ0) is 34.5. The fourth-order valence-corrected chi connectivity index (χ4v) is 5.56. The maximum Gasteiger partial charge on any atom is 0.306 e. The zero-order valence-corrected chi connectivity index (χ0v) is 30.4. The first-order valence-corrected chi connectivity index (χ1v) is 19.0. The summed E-state index contributed by atoms with van der Waals surface area (Å²) in [6.45, 7) is 9.44. The number of hydrogen-bond donors (Lipinski definition) is 3. The van der Waals surface area contributed by atoms with Crippen LogP contribution >= 0.6 is 0 Å². The highest BCUT2D eigenvalue weighted by Gasteiger charge is 2.21. The third kappa shape index (κ3) is 19.6. The Morgan fingerprint density at radius 1 is 0.660 bits per heavy atom. The highest BCUT2D eigenvalue weighted by Crippen LogP contribution is 2.46. The van der Waals surface area contributed by atoms with Crippen LogP contribution in [0.2, 0.25) is 0 Å². The molecule has 0 aliphatic carbocycles. The van der Waals surface area contributed by atoms with E-state index in [4.69, 9.17) is 9.47 Å². The lowest BCUT2D eigenvalue weighted by atomic mass is 9.98. The van der Waals surface area contributed by atoms with Crippen molar-refractivity contribution in [2.75, 3.05) is 25.1 Å². The molecule has 1 aromatic rings. The van der Waals surface area contributed by atoms with Gasteiger partial charge in [-0.15, -0.1) is 0 Å². The van der Waals surface area contributed by atoms with Gasteiger partial charge in [-0.05, 0) is 45.4 Å². The fraction of sp³-hybridized carbons (Fsp3) is 0.769. The monoisotopic (exact) mass is 661 g/mol. The second-order valence-electron chi connectivity index (χ2n) is 12.9. The van der Waals surface area contributed by atoms with E-state index < -0.39 is 0 Å². The molecule has 0 unspecified atom stereocenters. The topological polar surface area (TPSA) is 117 Å². The van der Waals surface area contributed by atoms with Crippen molar-refractivity contribution in [1.29, 1.82) is 0 Å². The van der Waals surface area contributed by atoms with Crippen molar-refractivity contribution in [3.8, 4) is 11.5 Å². The summed E-state index contributed by atoms with van der Waals surface area (Å²) in [7, 11) is 0. The number of nitrogens with one attached hydrogen (secondary N) is 1. The van der Waals surface area contributed by atoms with E-state index in [1.54, 1.807) is 13.1 Å². The predicted molar refractivity (Wildman–Crippen MR) is 195 cm³/mol. The number of benzene rings is 1. The SMILES string of the molecule is CCCCCCCCCCCCCCCCc1c(O)c(NCCCC(=O)OCCCC)c(C)c(O)c1N=CCCC(=O)OCCCC. The summed E-state index contributed by atoms with van der Waals surface area (Å²) < 4.78 is 10.5. The molecule has 0 radical (unpaired) electrons. The summed E-state index contributed by atoms with van der Waals surface area (Å²) in [5.74, 6) is -0.371. The van der Waals surface area contributed by atoms with Crippen LogP contribution in [-0.4, -0.2) is 48.1 Å². The Kier molecular flexibility index (Phi) is 25.4. The van der Waals surface area contributed by atoms with E-state index in [0.29, 0.717) is 61.5 Å². The Hall–Kier alpha value is -2.77. The van der Waals surface area contributed by atoms with Crippen molar-refractivity contribution < 1.29 is 29.3 Å². The van der Waals surface area contributed by atoms with Crippen molar-refractivity contribution in [3.63, 3.8) is 0 Å². The number of phenolic OH excluding ortho intramolecular Hbond substituents is 2. The van der Waals surface area contributed by atoms with Crippen LogP contribution in [0.1, 0.15) is 173 Å². The molecule has 3 N–H and O–H groups in total. The number of rotatable bonds is 30. The molecule has 1 rings (SSSR count). The minimum absolute atomic E-state index is 0.0198. The number of carbonyl (C=O) groups excluding carboxylic acids is 2. The van der Waals surface area contributed by atoms with Crippen LogP contribution < -0.4 is 5.32 Å². The molecule has 0 bridgehead atoms. The van der Waals surface area contributed by atoms with Gasteiger partial charge in [-0.2, -0.15) is 0 Å². The molecule has 0 heterocycles. The highest BCUT2D eigenvalue weighted by molar-refractivity contribution is 5.81. The minimum Gasteiger partial charge on any atom is -0.505 e. The van der Waals surface area contributed by atoms with Gasteiger partial charge in [0.15, 0.2) is 0 Å². The number of phenols is 2. The van der Waals surface area contributed by atoms with E-state index in [1.807, 2.05) is 6.92 Å². The summed E-state index contributed by atoms with van der Waals surface area (Å²) in [6.07, 6.45) is 25.0. The van der Waals surface area contributed by atoms with Gasteiger partial charge in [0.2, 0.25) is 0 Å². The lowest BCUT2D eigenvalue weighted by Gasteiger charge is -2.19. The average Bonchev–Trinajstić information content (AvgIpc) is 3.06. The number of anilines is 1. The van der Waals surface area contributed by atoms with Crippen molar-refractivity contribution in [1.82, 2.24) is 0 Å². The van der Waals surface area contributed by atoms with Crippen LogP contribution in [0.5, 0.6) is 11.5 Å². The van der Waals surface area contributed by atoms with Gasteiger partial charge < -0.3 is 25.0 Å². The quantitative estimate of drug-likeness (QED) is 0.0247. The van der Waals surface area contributed by atoms with Crippen LogP contribution in [-0.2, 0) is 25.5 Å². The Morgan fingerprint density at radius 3 is 1.68 bits per heavy atom. The summed E-state index contributed by atoms with van der Waals surface area (Å²) in [5, 5.41) is 25.8. The Balaban J connectivity index is 2.72. The maximum atomic E-state index is 12.0. The van der Waals surface area contributed by atoms with Gasteiger partial charge in [0, 0.05) is 30.3 Å². The number of esters is 2. The van der Waals surface area contributed by atoms with Crippen molar-refractivity contribution in [3.05, 3.63) is 11.1 Å². The van der Waals surface area contributed by atoms with Gasteiger partial charge in [0.05, 0.1) is 25.3 Å². The number of nitrogens with zero attached hydrogens (tertiary/aromatic N) is 1. The fourth-order valence-electron chi connectivity index (χ4n) is 5.56. The lowest BCUT2D eigenvalue weighted by Crippen LogP contribution is -2.10. The van der Waals surface area contributed by atoms with Crippen LogP contribution in [0.25, 0.3) is 0 Å². The third-order valence-electron chi connectivity index (χ3n) is 8.62. The number of unbranched alkanes of at least 4 members (excludes halogenated alkanes) is 15.